The van der Waals surface area contributed by atoms with Gasteiger partial charge in [0.25, 0.3) is 0 Å². The van der Waals surface area contributed by atoms with Crippen LogP contribution in [0.4, 0.5) is 0 Å². The smallest absolute Gasteiger partial charge is 1.00 e. The Labute approximate surface area is 91.6 Å². The maximum Gasteiger partial charge on any atom is -1.00 e. The Hall–Kier alpha value is -1.21. The second kappa shape index (κ2) is 5.51. The molecule has 0 radical (unpaired) electrons. The van der Waals surface area contributed by atoms with Gasteiger partial charge in [-0.05, 0) is 0 Å². The van der Waals surface area contributed by atoms with E-state index in [9.17, 15) is 0 Å². The van der Waals surface area contributed by atoms with Crippen LogP contribution in [0.5, 0.6) is 0 Å². The van der Waals surface area contributed by atoms with E-state index in [0.29, 0.717) is 0 Å². The van der Waals surface area contributed by atoms with Crippen molar-refractivity contribution >= 4 is 18.2 Å². The summed E-state index contributed by atoms with van der Waals surface area (Å²) in [6.45, 7) is 0. The van der Waals surface area contributed by atoms with E-state index in [1.54, 1.807) is 0 Å². The van der Waals surface area contributed by atoms with Crippen LogP contribution >= 0.6 is 0 Å². The summed E-state index contributed by atoms with van der Waals surface area (Å²) >= 11 is 0. The molecule has 2 rings (SSSR count). The van der Waals surface area contributed by atoms with Crippen LogP contribution < -0.4 is 23.3 Å². The van der Waals surface area contributed by atoms with Crippen molar-refractivity contribution in [2.75, 3.05) is 0 Å². The van der Waals surface area contributed by atoms with Crippen LogP contribution in [0.1, 0.15) is 0 Å². The summed E-state index contributed by atoms with van der Waals surface area (Å²) in [4.78, 5) is 0. The van der Waals surface area contributed by atoms with Crippen molar-refractivity contribution in [3.63, 3.8) is 0 Å². The van der Waals surface area contributed by atoms with Crippen molar-refractivity contribution in [3.05, 3.63) is 60.7 Å². The predicted octanol–water partition coefficient (Wildman–Crippen LogP) is -1.65. The molecule has 14 heavy (non-hydrogen) atoms. The molecule has 0 unspecified atom stereocenters. The molecule has 2 aromatic carbocycles. The van der Waals surface area contributed by atoms with E-state index in [1.165, 1.54) is 10.9 Å². The zero-order valence-corrected chi connectivity index (χ0v) is 8.48. The predicted molar refractivity (Wildman–Crippen MR) is 57.9 cm³/mol. The minimum Gasteiger partial charge on any atom is -1.00 e. The molecule has 0 aliphatic rings. The average Bonchev–Trinajstić information content (AvgIpc) is 2.21. The third-order valence-corrected chi connectivity index (χ3v) is 1.93. The number of hydrogen-bond acceptors (Lipinski definition) is 0. The van der Waals surface area contributed by atoms with Crippen LogP contribution in [0.2, 0.25) is 0 Å². The number of benzene rings is 2. The molecule has 0 bridgehead atoms. The largest absolute Gasteiger partial charge is 1.00 e. The van der Waals surface area contributed by atoms with Crippen LogP contribution in [0.15, 0.2) is 60.7 Å². The van der Waals surface area contributed by atoms with Gasteiger partial charge in [0.15, 0.2) is 0 Å². The first-order valence-corrected chi connectivity index (χ1v) is 4.40. The molecule has 0 aliphatic heterocycles. The summed E-state index contributed by atoms with van der Waals surface area (Å²) in [5, 5.41) is 0. The quantitative estimate of drug-likeness (QED) is 0.510. The summed E-state index contributed by atoms with van der Waals surface area (Å²) in [6.07, 6.45) is 0. The number of rotatable bonds is 2. The van der Waals surface area contributed by atoms with Gasteiger partial charge < -0.3 is 12.4 Å². The van der Waals surface area contributed by atoms with Crippen molar-refractivity contribution in [3.8, 4) is 0 Å². The molecule has 0 fully saturated rings. The van der Waals surface area contributed by atoms with Crippen molar-refractivity contribution in [1.82, 2.24) is 0 Å². The van der Waals surface area contributed by atoms with E-state index in [0.717, 1.165) is 0 Å². The first-order chi connectivity index (χ1) is 6.45. The third-order valence-electron chi connectivity index (χ3n) is 1.93. The second-order valence-electron chi connectivity index (χ2n) is 2.97. The van der Waals surface area contributed by atoms with Gasteiger partial charge in [-0.1, -0.05) is 0 Å². The van der Waals surface area contributed by atoms with Gasteiger partial charge in [0.2, 0.25) is 0 Å². The van der Waals surface area contributed by atoms with Gasteiger partial charge in [-0.15, -0.1) is 0 Å². The summed E-state index contributed by atoms with van der Waals surface area (Å²) in [5.41, 5.74) is 2.49. The molecule has 0 amide bonds. The maximum absolute atomic E-state index is 2.17. The standard InChI is InChI=1S/C12H10B.ClH/c1-3-7-11(8-4-1)13-12-9-5-2-6-10-12;/h1-10H;1H/q+1;/p-1. The Morgan fingerprint density at radius 3 is 1.29 bits per heavy atom. The number of hydrogen-bond donors (Lipinski definition) is 0. The fourth-order valence-corrected chi connectivity index (χ4v) is 1.29. The average molecular weight is 200 g/mol. The summed E-state index contributed by atoms with van der Waals surface area (Å²) in [6, 6.07) is 20.7. The summed E-state index contributed by atoms with van der Waals surface area (Å²) in [5.74, 6) is 0. The molecule has 0 saturated carbocycles. The fourth-order valence-electron chi connectivity index (χ4n) is 1.29. The summed E-state index contributed by atoms with van der Waals surface area (Å²) in [7, 11) is 2.17. The molecule has 0 aliphatic carbocycles. The molecular weight excluding hydrogens is 190 g/mol. The van der Waals surface area contributed by atoms with Gasteiger partial charge in [-0.25, -0.2) is 0 Å². The van der Waals surface area contributed by atoms with E-state index >= 15 is 0 Å². The first kappa shape index (κ1) is 10.9. The van der Waals surface area contributed by atoms with E-state index in [-0.39, 0.29) is 12.4 Å². The Morgan fingerprint density at radius 2 is 0.929 bits per heavy atom. The molecular formula is C12H10BCl. The van der Waals surface area contributed by atoms with E-state index < -0.39 is 0 Å². The van der Waals surface area contributed by atoms with Crippen LogP contribution in [0.3, 0.4) is 0 Å². The second-order valence-corrected chi connectivity index (χ2v) is 2.97. The zero-order chi connectivity index (χ0) is 8.93. The van der Waals surface area contributed by atoms with Crippen molar-refractivity contribution < 1.29 is 12.4 Å². The maximum atomic E-state index is 2.17. The van der Waals surface area contributed by atoms with E-state index in [4.69, 9.17) is 0 Å². The Bertz CT molecular complexity index is 321. The fraction of sp³-hybridized carbons (Fsp3) is 0. The Kier molecular flexibility index (Phi) is 4.28. The molecule has 0 atom stereocenters. The monoisotopic (exact) mass is 200 g/mol. The third kappa shape index (κ3) is 2.93. The van der Waals surface area contributed by atoms with Crippen molar-refractivity contribution in [2.45, 2.75) is 0 Å². The molecule has 0 saturated heterocycles. The van der Waals surface area contributed by atoms with E-state index in [2.05, 4.69) is 55.8 Å². The topological polar surface area (TPSA) is 0 Å². The van der Waals surface area contributed by atoms with Crippen LogP contribution in [0.25, 0.3) is 0 Å². The Balaban J connectivity index is 0.000000980. The molecule has 0 nitrogen and oxygen atoms in total. The Morgan fingerprint density at radius 1 is 0.571 bits per heavy atom. The van der Waals surface area contributed by atoms with Gasteiger partial charge in [-0.3, -0.25) is 0 Å². The van der Waals surface area contributed by atoms with Gasteiger partial charge in [-0.2, -0.15) is 0 Å². The molecule has 0 aromatic heterocycles. The normalized spacial score (nSPS) is 8.57. The molecule has 2 aromatic rings. The first-order valence-electron chi connectivity index (χ1n) is 4.40. The summed E-state index contributed by atoms with van der Waals surface area (Å²) < 4.78 is 0. The van der Waals surface area contributed by atoms with Crippen molar-refractivity contribution in [2.24, 2.45) is 0 Å². The molecule has 0 spiro atoms. The molecule has 0 heterocycles. The SMILES string of the molecule is [B+](c1ccccc1)c1ccccc1.[Cl-]. The van der Waals surface area contributed by atoms with Crippen LogP contribution in [-0.4, -0.2) is 7.28 Å². The van der Waals surface area contributed by atoms with Crippen LogP contribution in [0, 0.1) is 0 Å². The van der Waals surface area contributed by atoms with E-state index in [1.807, 2.05) is 12.1 Å². The van der Waals surface area contributed by atoms with Gasteiger partial charge in [0, 0.05) is 0 Å². The minimum absolute atomic E-state index is 0. The zero-order valence-electron chi connectivity index (χ0n) is 7.73. The van der Waals surface area contributed by atoms with Crippen LogP contribution in [-0.2, 0) is 0 Å². The van der Waals surface area contributed by atoms with Gasteiger partial charge in [0.1, 0.15) is 0 Å². The minimum atomic E-state index is 0. The van der Waals surface area contributed by atoms with Crippen molar-refractivity contribution in [1.29, 1.82) is 0 Å². The number of halogens is 1. The van der Waals surface area contributed by atoms with Gasteiger partial charge >= 0.3 is 78.9 Å². The van der Waals surface area contributed by atoms with Gasteiger partial charge in [0.05, 0.1) is 0 Å². The molecule has 68 valence electrons. The molecule has 2 heteroatoms. The molecule has 0 N–H and O–H groups in total.